The van der Waals surface area contributed by atoms with E-state index in [-0.39, 0.29) is 0 Å². The zero-order chi connectivity index (χ0) is 10.1. The fraction of sp³-hybridized carbons (Fsp3) is 0.0909. The predicted molar refractivity (Wildman–Crippen MR) is 58.2 cm³/mol. The SMILES string of the molecule is C[n+]1c(C=O)ccc2ccc(Br)cc21. The maximum absolute atomic E-state index is 10.7. The minimum atomic E-state index is 0.676. The van der Waals surface area contributed by atoms with Crippen LogP contribution in [0.3, 0.4) is 0 Å². The normalized spacial score (nSPS) is 10.4. The number of carbonyl (C=O) groups excluding carboxylic acids is 1. The van der Waals surface area contributed by atoms with E-state index in [1.54, 1.807) is 0 Å². The molecule has 1 aromatic carbocycles. The second-order valence-electron chi connectivity index (χ2n) is 3.14. The fourth-order valence-corrected chi connectivity index (χ4v) is 1.84. The molecule has 2 rings (SSSR count). The zero-order valence-corrected chi connectivity index (χ0v) is 9.28. The number of hydrogen-bond donors (Lipinski definition) is 0. The summed E-state index contributed by atoms with van der Waals surface area (Å²) >= 11 is 3.41. The Balaban J connectivity index is 2.86. The number of carbonyl (C=O) groups is 1. The number of rotatable bonds is 1. The third-order valence-corrected chi connectivity index (χ3v) is 2.79. The minimum absolute atomic E-state index is 0.676. The van der Waals surface area contributed by atoms with Crippen LogP contribution in [0.2, 0.25) is 0 Å². The average molecular weight is 251 g/mol. The van der Waals surface area contributed by atoms with Gasteiger partial charge in [-0.15, -0.1) is 0 Å². The van der Waals surface area contributed by atoms with Crippen LogP contribution in [0.4, 0.5) is 0 Å². The molecule has 0 aliphatic heterocycles. The lowest BCUT2D eigenvalue weighted by Crippen LogP contribution is -2.34. The van der Waals surface area contributed by atoms with E-state index in [1.807, 2.05) is 41.9 Å². The van der Waals surface area contributed by atoms with Gasteiger partial charge >= 0.3 is 0 Å². The average Bonchev–Trinajstić information content (AvgIpc) is 2.20. The molecule has 3 heteroatoms. The molecule has 0 fully saturated rings. The molecule has 0 radical (unpaired) electrons. The van der Waals surface area contributed by atoms with Gasteiger partial charge in [-0.25, -0.2) is 0 Å². The summed E-state index contributed by atoms with van der Waals surface area (Å²) < 4.78 is 2.90. The van der Waals surface area contributed by atoms with Gasteiger partial charge < -0.3 is 0 Å². The van der Waals surface area contributed by atoms with Crippen molar-refractivity contribution in [3.63, 3.8) is 0 Å². The van der Waals surface area contributed by atoms with Gasteiger partial charge in [-0.1, -0.05) is 15.9 Å². The highest BCUT2D eigenvalue weighted by molar-refractivity contribution is 9.10. The van der Waals surface area contributed by atoms with E-state index >= 15 is 0 Å². The maximum Gasteiger partial charge on any atom is 0.245 e. The van der Waals surface area contributed by atoms with E-state index in [2.05, 4.69) is 15.9 Å². The Hall–Kier alpha value is -1.22. The van der Waals surface area contributed by atoms with Gasteiger partial charge in [0.1, 0.15) is 7.05 Å². The molecular formula is C11H9BrNO+. The van der Waals surface area contributed by atoms with Gasteiger partial charge in [-0.2, -0.15) is 4.57 Å². The molecule has 0 saturated carbocycles. The first-order chi connectivity index (χ1) is 6.72. The minimum Gasteiger partial charge on any atom is -0.291 e. The second kappa shape index (κ2) is 3.50. The molecule has 2 nitrogen and oxygen atoms in total. The van der Waals surface area contributed by atoms with Crippen molar-refractivity contribution in [2.24, 2.45) is 7.05 Å². The van der Waals surface area contributed by atoms with Crippen molar-refractivity contribution in [2.45, 2.75) is 0 Å². The molecule has 0 aliphatic rings. The summed E-state index contributed by atoms with van der Waals surface area (Å²) in [6, 6.07) is 9.79. The van der Waals surface area contributed by atoms with Crippen LogP contribution in [-0.2, 0) is 7.05 Å². The number of aryl methyl sites for hydroxylation is 1. The van der Waals surface area contributed by atoms with Crippen molar-refractivity contribution in [3.8, 4) is 0 Å². The lowest BCUT2D eigenvalue weighted by molar-refractivity contribution is -0.646. The molecular weight excluding hydrogens is 242 g/mol. The maximum atomic E-state index is 10.7. The van der Waals surface area contributed by atoms with Gasteiger partial charge in [0, 0.05) is 22.0 Å². The fourth-order valence-electron chi connectivity index (χ4n) is 1.49. The van der Waals surface area contributed by atoms with Crippen LogP contribution in [0.25, 0.3) is 10.9 Å². The number of hydrogen-bond acceptors (Lipinski definition) is 1. The highest BCUT2D eigenvalue weighted by Crippen LogP contribution is 2.16. The Kier molecular flexibility index (Phi) is 2.33. The van der Waals surface area contributed by atoms with E-state index in [4.69, 9.17) is 0 Å². The second-order valence-corrected chi connectivity index (χ2v) is 4.05. The largest absolute Gasteiger partial charge is 0.291 e. The van der Waals surface area contributed by atoms with Crippen molar-refractivity contribution in [1.29, 1.82) is 0 Å². The standard InChI is InChI=1S/C11H9BrNO/c1-13-10(7-14)5-3-8-2-4-9(12)6-11(8)13/h2-7H,1H3/q+1. The molecule has 0 bridgehead atoms. The number of nitrogens with zero attached hydrogens (tertiary/aromatic N) is 1. The van der Waals surface area contributed by atoms with Crippen molar-refractivity contribution >= 4 is 33.1 Å². The van der Waals surface area contributed by atoms with E-state index in [9.17, 15) is 4.79 Å². The van der Waals surface area contributed by atoms with E-state index in [0.29, 0.717) is 5.69 Å². The summed E-state index contributed by atoms with van der Waals surface area (Å²) in [4.78, 5) is 10.7. The monoisotopic (exact) mass is 250 g/mol. The van der Waals surface area contributed by atoms with Crippen LogP contribution in [-0.4, -0.2) is 6.29 Å². The van der Waals surface area contributed by atoms with Crippen LogP contribution >= 0.6 is 15.9 Å². The number of fused-ring (bicyclic) bond motifs is 1. The van der Waals surface area contributed by atoms with Crippen LogP contribution in [0.5, 0.6) is 0 Å². The van der Waals surface area contributed by atoms with Crippen LogP contribution < -0.4 is 4.57 Å². The summed E-state index contributed by atoms with van der Waals surface area (Å²) in [5.41, 5.74) is 1.72. The lowest BCUT2D eigenvalue weighted by atomic mass is 10.2. The van der Waals surface area contributed by atoms with Gasteiger partial charge in [0.25, 0.3) is 0 Å². The van der Waals surface area contributed by atoms with Crippen LogP contribution in [0, 0.1) is 0 Å². The molecule has 0 aliphatic carbocycles. The summed E-state index contributed by atoms with van der Waals surface area (Å²) in [6.45, 7) is 0. The van der Waals surface area contributed by atoms with Crippen LogP contribution in [0.15, 0.2) is 34.8 Å². The molecule has 0 amide bonds. The van der Waals surface area contributed by atoms with Crippen LogP contribution in [0.1, 0.15) is 10.5 Å². The summed E-state index contributed by atoms with van der Waals surface area (Å²) in [7, 11) is 1.89. The highest BCUT2D eigenvalue weighted by atomic mass is 79.9. The van der Waals surface area contributed by atoms with Gasteiger partial charge in [-0.05, 0) is 18.2 Å². The molecule has 0 N–H and O–H groups in total. The van der Waals surface area contributed by atoms with Gasteiger partial charge in [-0.3, -0.25) is 4.79 Å². The molecule has 1 heterocycles. The number of pyridine rings is 1. The Morgan fingerprint density at radius 2 is 2.00 bits per heavy atom. The van der Waals surface area contributed by atoms with E-state index < -0.39 is 0 Å². The number of halogens is 1. The molecule has 0 unspecified atom stereocenters. The van der Waals surface area contributed by atoms with Gasteiger partial charge in [0.2, 0.25) is 17.5 Å². The first kappa shape index (κ1) is 9.34. The summed E-state index contributed by atoms with van der Waals surface area (Å²) in [5, 5.41) is 1.13. The molecule has 0 atom stereocenters. The predicted octanol–water partition coefficient (Wildman–Crippen LogP) is 2.24. The van der Waals surface area contributed by atoms with E-state index in [0.717, 1.165) is 21.7 Å². The molecule has 70 valence electrons. The molecule has 0 spiro atoms. The number of benzene rings is 1. The molecule has 14 heavy (non-hydrogen) atoms. The third kappa shape index (κ3) is 1.44. The zero-order valence-electron chi connectivity index (χ0n) is 7.70. The Labute approximate surface area is 90.3 Å². The smallest absolute Gasteiger partial charge is 0.245 e. The lowest BCUT2D eigenvalue weighted by Gasteiger charge is -1.98. The Morgan fingerprint density at radius 3 is 2.71 bits per heavy atom. The summed E-state index contributed by atoms with van der Waals surface area (Å²) in [5.74, 6) is 0. The van der Waals surface area contributed by atoms with Crippen molar-refractivity contribution in [3.05, 3.63) is 40.5 Å². The Morgan fingerprint density at radius 1 is 1.29 bits per heavy atom. The molecule has 2 aromatic rings. The van der Waals surface area contributed by atoms with Crippen molar-refractivity contribution in [2.75, 3.05) is 0 Å². The van der Waals surface area contributed by atoms with Gasteiger partial charge in [0.05, 0.1) is 0 Å². The summed E-state index contributed by atoms with van der Waals surface area (Å²) in [6.07, 6.45) is 0.861. The quantitative estimate of drug-likeness (QED) is 0.562. The highest BCUT2D eigenvalue weighted by Gasteiger charge is 2.10. The van der Waals surface area contributed by atoms with Crippen molar-refractivity contribution in [1.82, 2.24) is 0 Å². The number of aromatic nitrogens is 1. The molecule has 1 aromatic heterocycles. The van der Waals surface area contributed by atoms with Gasteiger partial charge in [0.15, 0.2) is 0 Å². The number of aldehydes is 1. The van der Waals surface area contributed by atoms with Crippen molar-refractivity contribution < 1.29 is 9.36 Å². The van der Waals surface area contributed by atoms with E-state index in [1.165, 1.54) is 0 Å². The first-order valence-electron chi connectivity index (χ1n) is 4.26. The molecule has 0 saturated heterocycles. The third-order valence-electron chi connectivity index (χ3n) is 2.30. The topological polar surface area (TPSA) is 20.9 Å². The Bertz CT molecular complexity index is 508. The first-order valence-corrected chi connectivity index (χ1v) is 5.05.